The SMILES string of the molecule is CC=CCCc1ccc(C2OCC(CC)CO2)cc1. The zero-order valence-corrected chi connectivity index (χ0v) is 12.0. The van der Waals surface area contributed by atoms with Crippen LogP contribution in [-0.4, -0.2) is 13.2 Å². The van der Waals surface area contributed by atoms with Crippen LogP contribution in [0.2, 0.25) is 0 Å². The third-order valence-electron chi connectivity index (χ3n) is 3.63. The summed E-state index contributed by atoms with van der Waals surface area (Å²) in [7, 11) is 0. The largest absolute Gasteiger partial charge is 0.348 e. The number of hydrogen-bond acceptors (Lipinski definition) is 2. The van der Waals surface area contributed by atoms with Gasteiger partial charge in [-0.05, 0) is 31.7 Å². The number of rotatable bonds is 5. The minimum Gasteiger partial charge on any atom is -0.348 e. The van der Waals surface area contributed by atoms with E-state index in [0.717, 1.165) is 38.0 Å². The van der Waals surface area contributed by atoms with Crippen LogP contribution in [0.1, 0.15) is 44.1 Å². The van der Waals surface area contributed by atoms with Gasteiger partial charge in [0.05, 0.1) is 13.2 Å². The molecule has 2 rings (SSSR count). The molecule has 1 aliphatic rings. The van der Waals surface area contributed by atoms with E-state index in [1.807, 2.05) is 0 Å². The standard InChI is InChI=1S/C17H24O2/c1-3-5-6-7-15-8-10-16(11-9-15)17-18-12-14(4-2)13-19-17/h3,5,8-11,14,17H,4,6-7,12-13H2,1-2H3. The number of hydrogen-bond donors (Lipinski definition) is 0. The summed E-state index contributed by atoms with van der Waals surface area (Å²) in [6.07, 6.45) is 7.44. The Morgan fingerprint density at radius 2 is 1.84 bits per heavy atom. The summed E-state index contributed by atoms with van der Waals surface area (Å²) in [4.78, 5) is 0. The molecule has 0 saturated carbocycles. The predicted molar refractivity (Wildman–Crippen MR) is 78.0 cm³/mol. The van der Waals surface area contributed by atoms with Crippen LogP contribution in [0.3, 0.4) is 0 Å². The molecule has 1 aliphatic heterocycles. The highest BCUT2D eigenvalue weighted by Gasteiger charge is 2.22. The molecular formula is C17H24O2. The van der Waals surface area contributed by atoms with Gasteiger partial charge in [0.1, 0.15) is 0 Å². The van der Waals surface area contributed by atoms with E-state index in [1.165, 1.54) is 5.56 Å². The number of ether oxygens (including phenoxy) is 2. The minimum absolute atomic E-state index is 0.174. The zero-order chi connectivity index (χ0) is 13.5. The van der Waals surface area contributed by atoms with Crippen molar-refractivity contribution in [3.8, 4) is 0 Å². The lowest BCUT2D eigenvalue weighted by atomic mass is 10.1. The molecule has 0 radical (unpaired) electrons. The Balaban J connectivity index is 1.88. The minimum atomic E-state index is -0.174. The highest BCUT2D eigenvalue weighted by atomic mass is 16.7. The van der Waals surface area contributed by atoms with Gasteiger partial charge in [0.25, 0.3) is 0 Å². The van der Waals surface area contributed by atoms with Crippen molar-refractivity contribution in [2.45, 2.75) is 39.4 Å². The monoisotopic (exact) mass is 260 g/mol. The van der Waals surface area contributed by atoms with E-state index in [9.17, 15) is 0 Å². The van der Waals surface area contributed by atoms with E-state index in [1.54, 1.807) is 0 Å². The van der Waals surface area contributed by atoms with Gasteiger partial charge in [-0.1, -0.05) is 43.3 Å². The fourth-order valence-electron chi connectivity index (χ4n) is 2.23. The molecule has 2 nitrogen and oxygen atoms in total. The summed E-state index contributed by atoms with van der Waals surface area (Å²) in [6, 6.07) is 8.61. The molecule has 1 aromatic rings. The van der Waals surface area contributed by atoms with E-state index >= 15 is 0 Å². The van der Waals surface area contributed by atoms with Crippen LogP contribution in [-0.2, 0) is 15.9 Å². The van der Waals surface area contributed by atoms with Crippen molar-refractivity contribution in [1.29, 1.82) is 0 Å². The normalized spacial score (nSPS) is 23.9. The van der Waals surface area contributed by atoms with Crippen LogP contribution in [0.15, 0.2) is 36.4 Å². The maximum absolute atomic E-state index is 5.77. The smallest absolute Gasteiger partial charge is 0.183 e. The van der Waals surface area contributed by atoms with Crippen molar-refractivity contribution >= 4 is 0 Å². The molecule has 1 fully saturated rings. The maximum atomic E-state index is 5.77. The van der Waals surface area contributed by atoms with Gasteiger partial charge in [-0.15, -0.1) is 0 Å². The summed E-state index contributed by atoms with van der Waals surface area (Å²) in [5.74, 6) is 0.552. The number of benzene rings is 1. The van der Waals surface area contributed by atoms with E-state index in [2.05, 4.69) is 50.3 Å². The second-order valence-electron chi connectivity index (χ2n) is 5.12. The molecule has 0 aromatic heterocycles. The van der Waals surface area contributed by atoms with Crippen molar-refractivity contribution in [3.05, 3.63) is 47.5 Å². The van der Waals surface area contributed by atoms with Crippen LogP contribution in [0, 0.1) is 5.92 Å². The lowest BCUT2D eigenvalue weighted by Crippen LogP contribution is -2.26. The second-order valence-corrected chi connectivity index (χ2v) is 5.12. The average molecular weight is 260 g/mol. The Morgan fingerprint density at radius 3 is 2.42 bits per heavy atom. The van der Waals surface area contributed by atoms with Crippen LogP contribution in [0.25, 0.3) is 0 Å². The van der Waals surface area contributed by atoms with Crippen LogP contribution < -0.4 is 0 Å². The van der Waals surface area contributed by atoms with Gasteiger partial charge in [0.15, 0.2) is 6.29 Å². The summed E-state index contributed by atoms with van der Waals surface area (Å²) in [5, 5.41) is 0. The molecule has 104 valence electrons. The Labute approximate surface area is 116 Å². The molecule has 0 spiro atoms. The Hall–Kier alpha value is -1.12. The van der Waals surface area contributed by atoms with Crippen LogP contribution in [0.4, 0.5) is 0 Å². The first kappa shape index (κ1) is 14.3. The van der Waals surface area contributed by atoms with Gasteiger partial charge in [-0.25, -0.2) is 0 Å². The first-order chi connectivity index (χ1) is 9.33. The summed E-state index contributed by atoms with van der Waals surface area (Å²) in [5.41, 5.74) is 2.49. The van der Waals surface area contributed by atoms with Gasteiger partial charge in [-0.2, -0.15) is 0 Å². The zero-order valence-electron chi connectivity index (χ0n) is 12.0. The molecule has 0 N–H and O–H groups in total. The molecule has 1 aromatic carbocycles. The molecular weight excluding hydrogens is 236 g/mol. The Morgan fingerprint density at radius 1 is 1.16 bits per heavy atom. The maximum Gasteiger partial charge on any atom is 0.183 e. The van der Waals surface area contributed by atoms with E-state index < -0.39 is 0 Å². The number of aryl methyl sites for hydroxylation is 1. The quantitative estimate of drug-likeness (QED) is 0.736. The van der Waals surface area contributed by atoms with Crippen molar-refractivity contribution in [1.82, 2.24) is 0 Å². The molecule has 2 heteroatoms. The number of allylic oxidation sites excluding steroid dienone is 2. The van der Waals surface area contributed by atoms with E-state index in [0.29, 0.717) is 5.92 Å². The molecule has 1 saturated heterocycles. The first-order valence-corrected chi connectivity index (χ1v) is 7.26. The average Bonchev–Trinajstić information content (AvgIpc) is 2.48. The molecule has 0 amide bonds. The predicted octanol–water partition coefficient (Wildman–Crippen LogP) is 4.27. The molecule has 0 bridgehead atoms. The third kappa shape index (κ3) is 4.19. The van der Waals surface area contributed by atoms with Gasteiger partial charge in [0.2, 0.25) is 0 Å². The van der Waals surface area contributed by atoms with Crippen molar-refractivity contribution in [3.63, 3.8) is 0 Å². The van der Waals surface area contributed by atoms with Crippen molar-refractivity contribution < 1.29 is 9.47 Å². The lowest BCUT2D eigenvalue weighted by Gasteiger charge is -2.29. The lowest BCUT2D eigenvalue weighted by molar-refractivity contribution is -0.205. The topological polar surface area (TPSA) is 18.5 Å². The van der Waals surface area contributed by atoms with E-state index in [4.69, 9.17) is 9.47 Å². The van der Waals surface area contributed by atoms with Gasteiger partial charge in [-0.3, -0.25) is 0 Å². The van der Waals surface area contributed by atoms with Crippen molar-refractivity contribution in [2.75, 3.05) is 13.2 Å². The highest BCUT2D eigenvalue weighted by Crippen LogP contribution is 2.26. The summed E-state index contributed by atoms with van der Waals surface area (Å²) in [6.45, 7) is 5.86. The Kier molecular flexibility index (Phi) is 5.62. The summed E-state index contributed by atoms with van der Waals surface area (Å²) >= 11 is 0. The van der Waals surface area contributed by atoms with Gasteiger partial charge >= 0.3 is 0 Å². The molecule has 19 heavy (non-hydrogen) atoms. The fraction of sp³-hybridized carbons (Fsp3) is 0.529. The molecule has 0 unspecified atom stereocenters. The molecule has 1 heterocycles. The van der Waals surface area contributed by atoms with Crippen LogP contribution >= 0.6 is 0 Å². The van der Waals surface area contributed by atoms with Gasteiger partial charge < -0.3 is 9.47 Å². The fourth-order valence-corrected chi connectivity index (χ4v) is 2.23. The third-order valence-corrected chi connectivity index (χ3v) is 3.63. The molecule has 0 atom stereocenters. The summed E-state index contributed by atoms with van der Waals surface area (Å²) < 4.78 is 11.5. The van der Waals surface area contributed by atoms with Crippen molar-refractivity contribution in [2.24, 2.45) is 5.92 Å². The van der Waals surface area contributed by atoms with Crippen LogP contribution in [0.5, 0.6) is 0 Å². The molecule has 0 aliphatic carbocycles. The van der Waals surface area contributed by atoms with Gasteiger partial charge in [0, 0.05) is 11.5 Å². The highest BCUT2D eigenvalue weighted by molar-refractivity contribution is 5.24. The second kappa shape index (κ2) is 7.46. The first-order valence-electron chi connectivity index (χ1n) is 7.26. The van der Waals surface area contributed by atoms with E-state index in [-0.39, 0.29) is 6.29 Å². The Bertz CT molecular complexity index is 386.